The van der Waals surface area contributed by atoms with Gasteiger partial charge >= 0.3 is 0 Å². The van der Waals surface area contributed by atoms with Gasteiger partial charge in [-0.05, 0) is 33.3 Å². The maximum absolute atomic E-state index is 11.8. The smallest absolute Gasteiger partial charge is 0.220 e. The van der Waals surface area contributed by atoms with Crippen molar-refractivity contribution in [3.8, 4) is 5.75 Å². The van der Waals surface area contributed by atoms with Gasteiger partial charge in [0.25, 0.3) is 0 Å². The molecule has 4 heteroatoms. The number of aryl methyl sites for hydroxylation is 1. The molecule has 0 aliphatic carbocycles. The lowest BCUT2D eigenvalue weighted by molar-refractivity contribution is -0.122. The molecule has 2 atom stereocenters. The van der Waals surface area contributed by atoms with Crippen molar-refractivity contribution in [1.82, 2.24) is 5.32 Å². The van der Waals surface area contributed by atoms with Crippen molar-refractivity contribution in [1.29, 1.82) is 0 Å². The quantitative estimate of drug-likeness (QED) is 0.830. The lowest BCUT2D eigenvalue weighted by atomic mass is 10.0. The van der Waals surface area contributed by atoms with E-state index in [0.717, 1.165) is 16.9 Å². The highest BCUT2D eigenvalue weighted by Crippen LogP contribution is 2.26. The zero-order chi connectivity index (χ0) is 14.4. The van der Waals surface area contributed by atoms with Gasteiger partial charge in [-0.15, -0.1) is 0 Å². The summed E-state index contributed by atoms with van der Waals surface area (Å²) in [5.74, 6) is 0.714. The predicted octanol–water partition coefficient (Wildman–Crippen LogP) is 2.34. The van der Waals surface area contributed by atoms with Crippen LogP contribution in [0.25, 0.3) is 0 Å². The first kappa shape index (κ1) is 15.5. The van der Waals surface area contributed by atoms with Crippen molar-refractivity contribution in [2.24, 2.45) is 0 Å². The second kappa shape index (κ2) is 7.14. The van der Waals surface area contributed by atoms with E-state index in [2.05, 4.69) is 5.32 Å². The van der Waals surface area contributed by atoms with Crippen molar-refractivity contribution in [3.63, 3.8) is 0 Å². The summed E-state index contributed by atoms with van der Waals surface area (Å²) in [6.45, 7) is 5.61. The highest BCUT2D eigenvalue weighted by Gasteiger charge is 2.14. The van der Waals surface area contributed by atoms with E-state index in [1.807, 2.05) is 32.0 Å². The van der Waals surface area contributed by atoms with E-state index < -0.39 is 6.10 Å². The number of carbonyl (C=O) groups excluding carboxylic acids is 1. The molecule has 0 aromatic heterocycles. The summed E-state index contributed by atoms with van der Waals surface area (Å²) >= 11 is 0. The molecule has 1 amide bonds. The first-order chi connectivity index (χ1) is 8.93. The van der Waals surface area contributed by atoms with E-state index in [9.17, 15) is 9.90 Å². The molecule has 19 heavy (non-hydrogen) atoms. The Bertz CT molecular complexity index is 429. The molecule has 0 aliphatic rings. The van der Waals surface area contributed by atoms with E-state index in [4.69, 9.17) is 4.74 Å². The standard InChI is InChI=1S/C15H23NO3/c1-10-5-7-14(19-4)13(9-10)12(3)16-15(18)8-6-11(2)17/h5,7,9,11-12,17H,6,8H2,1-4H3,(H,16,18). The fourth-order valence-electron chi connectivity index (χ4n) is 1.92. The number of aliphatic hydroxyl groups excluding tert-OH is 1. The van der Waals surface area contributed by atoms with Crippen LogP contribution in [0.5, 0.6) is 5.75 Å². The van der Waals surface area contributed by atoms with Gasteiger partial charge in [0.15, 0.2) is 0 Å². The molecule has 1 aromatic carbocycles. The first-order valence-electron chi connectivity index (χ1n) is 6.56. The van der Waals surface area contributed by atoms with Gasteiger partial charge in [0.1, 0.15) is 5.75 Å². The third kappa shape index (κ3) is 4.91. The van der Waals surface area contributed by atoms with Crippen LogP contribution >= 0.6 is 0 Å². The molecular weight excluding hydrogens is 242 g/mol. The van der Waals surface area contributed by atoms with Gasteiger partial charge in [0.05, 0.1) is 19.3 Å². The van der Waals surface area contributed by atoms with Gasteiger partial charge < -0.3 is 15.2 Å². The van der Waals surface area contributed by atoms with Crippen molar-refractivity contribution in [3.05, 3.63) is 29.3 Å². The highest BCUT2D eigenvalue weighted by molar-refractivity contribution is 5.76. The Balaban J connectivity index is 2.69. The van der Waals surface area contributed by atoms with Crippen LogP contribution in [0, 0.1) is 6.92 Å². The fraction of sp³-hybridized carbons (Fsp3) is 0.533. The number of aliphatic hydroxyl groups is 1. The third-order valence-electron chi connectivity index (χ3n) is 3.02. The maximum Gasteiger partial charge on any atom is 0.220 e. The monoisotopic (exact) mass is 265 g/mol. The minimum atomic E-state index is -0.449. The lowest BCUT2D eigenvalue weighted by Gasteiger charge is -2.18. The number of hydrogen-bond donors (Lipinski definition) is 2. The van der Waals surface area contributed by atoms with Crippen molar-refractivity contribution >= 4 is 5.91 Å². The summed E-state index contributed by atoms with van der Waals surface area (Å²) in [5, 5.41) is 12.1. The summed E-state index contributed by atoms with van der Waals surface area (Å²) in [6.07, 6.45) is 0.356. The van der Waals surface area contributed by atoms with Crippen LogP contribution in [0.4, 0.5) is 0 Å². The molecule has 0 heterocycles. The first-order valence-corrected chi connectivity index (χ1v) is 6.56. The predicted molar refractivity (Wildman–Crippen MR) is 75.2 cm³/mol. The third-order valence-corrected chi connectivity index (χ3v) is 3.02. The molecule has 4 nitrogen and oxygen atoms in total. The Morgan fingerprint density at radius 2 is 2.11 bits per heavy atom. The second-order valence-electron chi connectivity index (χ2n) is 4.92. The molecule has 0 saturated heterocycles. The van der Waals surface area contributed by atoms with Crippen molar-refractivity contribution < 1.29 is 14.6 Å². The number of carbonyl (C=O) groups is 1. The second-order valence-corrected chi connectivity index (χ2v) is 4.92. The Hall–Kier alpha value is -1.55. The number of methoxy groups -OCH3 is 1. The minimum absolute atomic E-state index is 0.0584. The molecule has 2 N–H and O–H groups in total. The van der Waals surface area contributed by atoms with Gasteiger partial charge in [0.2, 0.25) is 5.91 Å². The summed E-state index contributed by atoms with van der Waals surface area (Å²) in [7, 11) is 1.62. The summed E-state index contributed by atoms with van der Waals surface area (Å²) < 4.78 is 5.31. The number of hydrogen-bond acceptors (Lipinski definition) is 3. The Morgan fingerprint density at radius 1 is 1.42 bits per heavy atom. The van der Waals surface area contributed by atoms with Gasteiger partial charge in [-0.2, -0.15) is 0 Å². The van der Waals surface area contributed by atoms with Gasteiger partial charge in [0, 0.05) is 12.0 Å². The SMILES string of the molecule is COc1ccc(C)cc1C(C)NC(=O)CCC(C)O. The topological polar surface area (TPSA) is 58.6 Å². The van der Waals surface area contributed by atoms with E-state index in [0.29, 0.717) is 12.8 Å². The van der Waals surface area contributed by atoms with Crippen LogP contribution < -0.4 is 10.1 Å². The van der Waals surface area contributed by atoms with E-state index in [1.54, 1.807) is 14.0 Å². The normalized spacial score (nSPS) is 13.7. The molecule has 0 bridgehead atoms. The van der Waals surface area contributed by atoms with Gasteiger partial charge in [-0.3, -0.25) is 4.79 Å². The molecule has 1 aromatic rings. The minimum Gasteiger partial charge on any atom is -0.496 e. The molecular formula is C15H23NO3. The van der Waals surface area contributed by atoms with E-state index in [-0.39, 0.29) is 11.9 Å². The summed E-state index contributed by atoms with van der Waals surface area (Å²) in [4.78, 5) is 11.8. The van der Waals surface area contributed by atoms with Gasteiger partial charge in [-0.1, -0.05) is 17.7 Å². The van der Waals surface area contributed by atoms with Crippen LogP contribution in [-0.4, -0.2) is 24.2 Å². The van der Waals surface area contributed by atoms with Crippen LogP contribution in [0.1, 0.15) is 43.9 Å². The number of rotatable bonds is 6. The number of amides is 1. The molecule has 0 fully saturated rings. The Morgan fingerprint density at radius 3 is 2.68 bits per heavy atom. The van der Waals surface area contributed by atoms with E-state index in [1.165, 1.54) is 0 Å². The van der Waals surface area contributed by atoms with E-state index >= 15 is 0 Å². The average Bonchev–Trinajstić information content (AvgIpc) is 2.36. The number of ether oxygens (including phenoxy) is 1. The highest BCUT2D eigenvalue weighted by atomic mass is 16.5. The number of nitrogens with one attached hydrogen (secondary N) is 1. The fourth-order valence-corrected chi connectivity index (χ4v) is 1.92. The summed E-state index contributed by atoms with van der Waals surface area (Å²) in [5.41, 5.74) is 2.09. The zero-order valence-corrected chi connectivity index (χ0v) is 12.1. The molecule has 106 valence electrons. The molecule has 0 aliphatic heterocycles. The maximum atomic E-state index is 11.8. The lowest BCUT2D eigenvalue weighted by Crippen LogP contribution is -2.27. The van der Waals surface area contributed by atoms with Crippen LogP contribution in [0.3, 0.4) is 0 Å². The average molecular weight is 265 g/mol. The molecule has 1 rings (SSSR count). The Kier molecular flexibility index (Phi) is 5.83. The van der Waals surface area contributed by atoms with Crippen LogP contribution in [0.15, 0.2) is 18.2 Å². The van der Waals surface area contributed by atoms with Crippen LogP contribution in [0.2, 0.25) is 0 Å². The van der Waals surface area contributed by atoms with Crippen molar-refractivity contribution in [2.75, 3.05) is 7.11 Å². The Labute approximate surface area is 114 Å². The molecule has 0 spiro atoms. The largest absolute Gasteiger partial charge is 0.496 e. The van der Waals surface area contributed by atoms with Crippen LogP contribution in [-0.2, 0) is 4.79 Å². The number of benzene rings is 1. The summed E-state index contributed by atoms with van der Waals surface area (Å²) in [6, 6.07) is 5.78. The molecule has 0 radical (unpaired) electrons. The molecule has 0 saturated carbocycles. The van der Waals surface area contributed by atoms with Crippen molar-refractivity contribution in [2.45, 2.75) is 45.8 Å². The van der Waals surface area contributed by atoms with Gasteiger partial charge in [-0.25, -0.2) is 0 Å². The molecule has 2 unspecified atom stereocenters. The zero-order valence-electron chi connectivity index (χ0n) is 12.1.